The molecule has 204 valence electrons. The Labute approximate surface area is 229 Å². The van der Waals surface area contributed by atoms with E-state index in [1.54, 1.807) is 23.3 Å². The van der Waals surface area contributed by atoms with E-state index in [0.717, 1.165) is 36.0 Å². The minimum absolute atomic E-state index is 0.0217. The van der Waals surface area contributed by atoms with E-state index in [1.165, 1.54) is 0 Å². The number of aromatic nitrogens is 6. The SMILES string of the molecule is Cc1cc(Nc2ncc(F)c(-c3c[nH]c4c(NC(=O)CN5CC[C@H](Oc6ccncc6)C5)cccc34)n2)nn1C. The standard InChI is InChI=1S/C28H28FN9O2/c1-17-12-24(36-37(17)2)34-28-32-14-22(29)26(35-28)21-13-31-27-20(21)4-3-5-23(27)33-25(39)16-38-11-8-19(15-38)40-18-6-9-30-10-7-18/h3-7,9-10,12-14,19,31H,8,11,15-16H2,1-2H3,(H,33,39)(H,32,34,35,36)/t19-/m0/s1. The first kappa shape index (κ1) is 25.4. The molecule has 1 fully saturated rings. The molecule has 5 heterocycles. The van der Waals surface area contributed by atoms with E-state index in [0.29, 0.717) is 29.1 Å². The lowest BCUT2D eigenvalue weighted by Crippen LogP contribution is -2.33. The van der Waals surface area contributed by atoms with Crippen molar-refractivity contribution in [1.82, 2.24) is 34.6 Å². The Hall–Kier alpha value is -4.84. The molecule has 0 unspecified atom stereocenters. The summed E-state index contributed by atoms with van der Waals surface area (Å²) in [7, 11) is 1.83. The van der Waals surface area contributed by atoms with Gasteiger partial charge in [-0.25, -0.2) is 14.4 Å². The normalized spacial score (nSPS) is 15.4. The van der Waals surface area contributed by atoms with Crippen molar-refractivity contribution in [2.75, 3.05) is 30.3 Å². The molecule has 6 rings (SSSR count). The molecular weight excluding hydrogens is 513 g/mol. The van der Waals surface area contributed by atoms with Crippen LogP contribution in [0.4, 0.5) is 21.8 Å². The number of hydrogen-bond donors (Lipinski definition) is 3. The maximum Gasteiger partial charge on any atom is 0.238 e. The zero-order valence-electron chi connectivity index (χ0n) is 22.1. The summed E-state index contributed by atoms with van der Waals surface area (Å²) < 4.78 is 22.6. The lowest BCUT2D eigenvalue weighted by atomic mass is 10.1. The van der Waals surface area contributed by atoms with Gasteiger partial charge in [0.1, 0.15) is 17.5 Å². The van der Waals surface area contributed by atoms with E-state index in [4.69, 9.17) is 4.74 Å². The molecule has 4 aromatic heterocycles. The third kappa shape index (κ3) is 5.34. The fourth-order valence-corrected chi connectivity index (χ4v) is 4.85. The smallest absolute Gasteiger partial charge is 0.238 e. The van der Waals surface area contributed by atoms with E-state index in [-0.39, 0.29) is 30.2 Å². The molecule has 0 aliphatic carbocycles. The van der Waals surface area contributed by atoms with Gasteiger partial charge in [0, 0.05) is 61.4 Å². The van der Waals surface area contributed by atoms with Crippen LogP contribution in [0, 0.1) is 12.7 Å². The zero-order chi connectivity index (χ0) is 27.6. The predicted molar refractivity (Wildman–Crippen MR) is 149 cm³/mol. The number of halogens is 1. The van der Waals surface area contributed by atoms with Crippen LogP contribution in [0.3, 0.4) is 0 Å². The summed E-state index contributed by atoms with van der Waals surface area (Å²) in [6.45, 7) is 3.59. The molecule has 5 aromatic rings. The van der Waals surface area contributed by atoms with Gasteiger partial charge in [-0.15, -0.1) is 0 Å². The third-order valence-electron chi connectivity index (χ3n) is 6.89. The minimum atomic E-state index is -0.560. The average Bonchev–Trinajstić information content (AvgIpc) is 3.65. The monoisotopic (exact) mass is 541 g/mol. The number of hydrogen-bond acceptors (Lipinski definition) is 8. The number of amides is 1. The van der Waals surface area contributed by atoms with Gasteiger partial charge in [0.2, 0.25) is 11.9 Å². The van der Waals surface area contributed by atoms with Gasteiger partial charge in [0.05, 0.1) is 23.9 Å². The fraction of sp³-hybridized carbons (Fsp3) is 0.250. The predicted octanol–water partition coefficient (Wildman–Crippen LogP) is 4.04. The fourth-order valence-electron chi connectivity index (χ4n) is 4.85. The molecule has 0 radical (unpaired) electrons. The lowest BCUT2D eigenvalue weighted by molar-refractivity contribution is -0.117. The number of fused-ring (bicyclic) bond motifs is 1. The van der Waals surface area contributed by atoms with E-state index in [9.17, 15) is 9.18 Å². The van der Waals surface area contributed by atoms with E-state index in [1.807, 2.05) is 50.4 Å². The molecule has 1 aromatic carbocycles. The first-order chi connectivity index (χ1) is 19.4. The molecule has 1 saturated heterocycles. The highest BCUT2D eigenvalue weighted by Crippen LogP contribution is 2.33. The summed E-state index contributed by atoms with van der Waals surface area (Å²) in [4.78, 5) is 30.7. The average molecular weight is 542 g/mol. The van der Waals surface area contributed by atoms with Gasteiger partial charge in [-0.05, 0) is 31.5 Å². The summed E-state index contributed by atoms with van der Waals surface area (Å²) in [5.41, 5.74) is 2.94. The van der Waals surface area contributed by atoms with Gasteiger partial charge >= 0.3 is 0 Å². The van der Waals surface area contributed by atoms with E-state index in [2.05, 4.69) is 40.6 Å². The number of ether oxygens (including phenoxy) is 1. The quantitative estimate of drug-likeness (QED) is 0.269. The topological polar surface area (TPSA) is 126 Å². The first-order valence-corrected chi connectivity index (χ1v) is 12.9. The highest BCUT2D eigenvalue weighted by Gasteiger charge is 2.26. The highest BCUT2D eigenvalue weighted by molar-refractivity contribution is 6.06. The summed E-state index contributed by atoms with van der Waals surface area (Å²) in [6, 6.07) is 11.0. The van der Waals surface area contributed by atoms with Crippen molar-refractivity contribution >= 4 is 34.3 Å². The van der Waals surface area contributed by atoms with Gasteiger partial charge in [-0.2, -0.15) is 5.10 Å². The summed E-state index contributed by atoms with van der Waals surface area (Å²) >= 11 is 0. The van der Waals surface area contributed by atoms with Crippen LogP contribution in [0.2, 0.25) is 0 Å². The van der Waals surface area contributed by atoms with Crippen LogP contribution in [-0.2, 0) is 11.8 Å². The Kier molecular flexibility index (Phi) is 6.83. The van der Waals surface area contributed by atoms with Crippen LogP contribution < -0.4 is 15.4 Å². The number of carbonyl (C=O) groups is 1. The zero-order valence-corrected chi connectivity index (χ0v) is 22.1. The van der Waals surface area contributed by atoms with Crippen molar-refractivity contribution < 1.29 is 13.9 Å². The van der Waals surface area contributed by atoms with Crippen molar-refractivity contribution in [3.05, 3.63) is 72.7 Å². The van der Waals surface area contributed by atoms with Gasteiger partial charge in [-0.1, -0.05) is 12.1 Å². The molecule has 40 heavy (non-hydrogen) atoms. The van der Waals surface area contributed by atoms with Crippen LogP contribution in [0.25, 0.3) is 22.2 Å². The van der Waals surface area contributed by atoms with Crippen LogP contribution in [0.5, 0.6) is 5.75 Å². The second-order valence-corrected chi connectivity index (χ2v) is 9.73. The van der Waals surface area contributed by atoms with Crippen LogP contribution in [0.15, 0.2) is 61.2 Å². The second kappa shape index (κ2) is 10.7. The summed E-state index contributed by atoms with van der Waals surface area (Å²) in [6.07, 6.45) is 7.06. The largest absolute Gasteiger partial charge is 0.489 e. The minimum Gasteiger partial charge on any atom is -0.489 e. The lowest BCUT2D eigenvalue weighted by Gasteiger charge is -2.17. The van der Waals surface area contributed by atoms with Crippen molar-refractivity contribution in [3.63, 3.8) is 0 Å². The Morgan fingerprint density at radius 1 is 1.25 bits per heavy atom. The first-order valence-electron chi connectivity index (χ1n) is 12.9. The number of pyridine rings is 1. The number of H-pyrrole nitrogens is 1. The van der Waals surface area contributed by atoms with Crippen molar-refractivity contribution in [1.29, 1.82) is 0 Å². The number of rotatable bonds is 8. The van der Waals surface area contributed by atoms with Crippen molar-refractivity contribution in [3.8, 4) is 17.0 Å². The number of carbonyl (C=O) groups excluding carboxylic acids is 1. The molecule has 1 aliphatic heterocycles. The Balaban J connectivity index is 1.15. The molecule has 12 heteroatoms. The summed E-state index contributed by atoms with van der Waals surface area (Å²) in [5, 5.41) is 11.1. The third-order valence-corrected chi connectivity index (χ3v) is 6.89. The van der Waals surface area contributed by atoms with Gasteiger partial charge < -0.3 is 20.4 Å². The number of nitrogens with one attached hydrogen (secondary N) is 3. The highest BCUT2D eigenvalue weighted by atomic mass is 19.1. The number of anilines is 3. The molecule has 1 atom stereocenters. The molecular formula is C28H28FN9O2. The van der Waals surface area contributed by atoms with E-state index >= 15 is 0 Å². The number of aryl methyl sites for hydroxylation is 2. The van der Waals surface area contributed by atoms with E-state index < -0.39 is 5.82 Å². The molecule has 1 amide bonds. The Bertz CT molecular complexity index is 1650. The molecule has 1 aliphatic rings. The molecule has 0 spiro atoms. The molecule has 3 N–H and O–H groups in total. The second-order valence-electron chi connectivity index (χ2n) is 9.73. The number of nitrogens with zero attached hydrogens (tertiary/aromatic N) is 6. The Morgan fingerprint density at radius 2 is 2.10 bits per heavy atom. The maximum atomic E-state index is 14.9. The van der Waals surface area contributed by atoms with Gasteiger partial charge in [0.15, 0.2) is 11.6 Å². The Morgan fingerprint density at radius 3 is 2.90 bits per heavy atom. The van der Waals surface area contributed by atoms with Gasteiger partial charge in [0.25, 0.3) is 0 Å². The molecule has 0 bridgehead atoms. The number of aromatic amines is 1. The van der Waals surface area contributed by atoms with Crippen molar-refractivity contribution in [2.45, 2.75) is 19.4 Å². The van der Waals surface area contributed by atoms with Crippen LogP contribution >= 0.6 is 0 Å². The number of benzene rings is 1. The van der Waals surface area contributed by atoms with Crippen molar-refractivity contribution in [2.24, 2.45) is 7.05 Å². The maximum absolute atomic E-state index is 14.9. The van der Waals surface area contributed by atoms with Gasteiger partial charge in [-0.3, -0.25) is 19.4 Å². The number of likely N-dealkylation sites (tertiary alicyclic amines) is 1. The molecule has 0 saturated carbocycles. The summed E-state index contributed by atoms with van der Waals surface area (Å²) in [5.74, 6) is 0.865. The van der Waals surface area contributed by atoms with Crippen LogP contribution in [-0.4, -0.2) is 66.3 Å². The molecule has 11 nitrogen and oxygen atoms in total. The van der Waals surface area contributed by atoms with Crippen LogP contribution in [0.1, 0.15) is 12.1 Å². The number of para-hydroxylation sites is 1.